The molecule has 0 aliphatic carbocycles. The molecule has 38 heavy (non-hydrogen) atoms. The standard InChI is InChI=1S/C28H31F3N4O2S/c1-27(2,3)21-6-8-22(9-7-21)38(36,37)35-17-20-5-11-25(28(29,30)31)34-26(20)33-23-10-4-19(16-24(23)35)18-12-14-32-15-13-18/h4-11,16,18,32H,12-15,17H2,1-3H3,(H,33,34). The lowest BCUT2D eigenvalue weighted by Crippen LogP contribution is -2.31. The number of alkyl halides is 3. The fourth-order valence-electron chi connectivity index (χ4n) is 4.99. The van der Waals surface area contributed by atoms with Gasteiger partial charge in [0, 0.05) is 5.56 Å². The molecule has 0 bridgehead atoms. The predicted molar refractivity (Wildman–Crippen MR) is 142 cm³/mol. The Kier molecular flexibility index (Phi) is 6.67. The van der Waals surface area contributed by atoms with Gasteiger partial charge in [-0.15, -0.1) is 0 Å². The van der Waals surface area contributed by atoms with Crippen molar-refractivity contribution in [3.05, 3.63) is 77.0 Å². The molecule has 2 aliphatic rings. The minimum Gasteiger partial charge on any atom is -0.338 e. The van der Waals surface area contributed by atoms with Gasteiger partial charge in [0.15, 0.2) is 0 Å². The second kappa shape index (κ2) is 9.57. The molecule has 2 N–H and O–H groups in total. The maximum absolute atomic E-state index is 14.1. The van der Waals surface area contributed by atoms with Gasteiger partial charge in [0.05, 0.1) is 22.8 Å². The summed E-state index contributed by atoms with van der Waals surface area (Å²) in [4.78, 5) is 3.94. The number of rotatable bonds is 3. The number of aromatic nitrogens is 1. The molecule has 0 spiro atoms. The molecule has 6 nitrogen and oxygen atoms in total. The number of nitrogens with zero attached hydrogens (tertiary/aromatic N) is 2. The Morgan fingerprint density at radius 1 is 0.947 bits per heavy atom. The van der Waals surface area contributed by atoms with E-state index in [1.54, 1.807) is 30.3 Å². The maximum Gasteiger partial charge on any atom is 0.433 e. The average molecular weight is 545 g/mol. The summed E-state index contributed by atoms with van der Waals surface area (Å²) in [6.07, 6.45) is -2.78. The highest BCUT2D eigenvalue weighted by Crippen LogP contribution is 2.42. The molecule has 0 atom stereocenters. The molecule has 1 saturated heterocycles. The number of sulfonamides is 1. The van der Waals surface area contributed by atoms with Gasteiger partial charge in [0.25, 0.3) is 10.0 Å². The molecule has 3 aromatic rings. The normalized spacial score (nSPS) is 16.8. The number of hydrogen-bond acceptors (Lipinski definition) is 5. The molecular weight excluding hydrogens is 513 g/mol. The van der Waals surface area contributed by atoms with Crippen molar-refractivity contribution >= 4 is 27.2 Å². The summed E-state index contributed by atoms with van der Waals surface area (Å²) in [7, 11) is -4.06. The van der Waals surface area contributed by atoms with E-state index in [4.69, 9.17) is 0 Å². The molecule has 0 amide bonds. The van der Waals surface area contributed by atoms with Crippen LogP contribution in [-0.2, 0) is 28.2 Å². The van der Waals surface area contributed by atoms with Gasteiger partial charge in [0.2, 0.25) is 0 Å². The lowest BCUT2D eigenvalue weighted by atomic mass is 9.87. The van der Waals surface area contributed by atoms with Gasteiger partial charge in [-0.3, -0.25) is 4.31 Å². The SMILES string of the molecule is CC(C)(C)c1ccc(S(=O)(=O)N2Cc3ccc(C(F)(F)F)nc3Nc3ccc(C4CCNCC4)cc32)cc1. The Balaban J connectivity index is 1.63. The maximum atomic E-state index is 14.1. The van der Waals surface area contributed by atoms with Crippen LogP contribution in [0, 0.1) is 0 Å². The van der Waals surface area contributed by atoms with E-state index in [9.17, 15) is 21.6 Å². The van der Waals surface area contributed by atoms with Crippen molar-refractivity contribution < 1.29 is 21.6 Å². The second-order valence-electron chi connectivity index (χ2n) is 10.9. The highest BCUT2D eigenvalue weighted by Gasteiger charge is 2.36. The highest BCUT2D eigenvalue weighted by molar-refractivity contribution is 7.92. The molecule has 2 aromatic carbocycles. The van der Waals surface area contributed by atoms with E-state index in [1.165, 1.54) is 10.4 Å². The monoisotopic (exact) mass is 544 g/mol. The first-order chi connectivity index (χ1) is 17.8. The number of halogens is 3. The third-order valence-electron chi connectivity index (χ3n) is 7.25. The van der Waals surface area contributed by atoms with Crippen molar-refractivity contribution in [2.24, 2.45) is 0 Å². The lowest BCUT2D eigenvalue weighted by molar-refractivity contribution is -0.141. The summed E-state index contributed by atoms with van der Waals surface area (Å²) in [5, 5.41) is 6.34. The van der Waals surface area contributed by atoms with Crippen LogP contribution in [-0.4, -0.2) is 26.5 Å². The van der Waals surface area contributed by atoms with Crippen molar-refractivity contribution in [1.82, 2.24) is 10.3 Å². The van der Waals surface area contributed by atoms with Crippen LogP contribution >= 0.6 is 0 Å². The van der Waals surface area contributed by atoms with Gasteiger partial charge in [-0.2, -0.15) is 13.2 Å². The molecule has 202 valence electrons. The van der Waals surface area contributed by atoms with E-state index in [1.807, 2.05) is 12.1 Å². The molecule has 3 heterocycles. The zero-order chi connectivity index (χ0) is 27.3. The van der Waals surface area contributed by atoms with E-state index < -0.39 is 21.9 Å². The number of hydrogen-bond donors (Lipinski definition) is 2. The third kappa shape index (κ3) is 5.11. The first-order valence-electron chi connectivity index (χ1n) is 12.7. The average Bonchev–Trinajstić information content (AvgIpc) is 3.04. The van der Waals surface area contributed by atoms with Crippen LogP contribution in [0.25, 0.3) is 0 Å². The highest BCUT2D eigenvalue weighted by atomic mass is 32.2. The molecule has 10 heteroatoms. The molecule has 0 unspecified atom stereocenters. The van der Waals surface area contributed by atoms with E-state index in [2.05, 4.69) is 36.4 Å². The summed E-state index contributed by atoms with van der Waals surface area (Å²) in [6, 6.07) is 14.5. The fraction of sp³-hybridized carbons (Fsp3) is 0.393. The zero-order valence-electron chi connectivity index (χ0n) is 21.6. The van der Waals surface area contributed by atoms with E-state index >= 15 is 0 Å². The van der Waals surface area contributed by atoms with Crippen LogP contribution in [0.3, 0.4) is 0 Å². The number of pyridine rings is 1. The minimum atomic E-state index is -4.62. The lowest BCUT2D eigenvalue weighted by Gasteiger charge is -2.28. The largest absolute Gasteiger partial charge is 0.433 e. The van der Waals surface area contributed by atoms with Crippen LogP contribution < -0.4 is 14.9 Å². The predicted octanol–water partition coefficient (Wildman–Crippen LogP) is 6.32. The first kappa shape index (κ1) is 26.5. The zero-order valence-corrected chi connectivity index (χ0v) is 22.4. The first-order valence-corrected chi connectivity index (χ1v) is 14.1. The molecule has 0 saturated carbocycles. The molecule has 0 radical (unpaired) electrons. The van der Waals surface area contributed by atoms with Crippen molar-refractivity contribution in [2.75, 3.05) is 22.7 Å². The van der Waals surface area contributed by atoms with Gasteiger partial charge < -0.3 is 10.6 Å². The number of anilines is 3. The summed E-state index contributed by atoms with van der Waals surface area (Å²) in [6.45, 7) is 7.74. The van der Waals surface area contributed by atoms with E-state index in [0.717, 1.165) is 43.1 Å². The van der Waals surface area contributed by atoms with Crippen LogP contribution in [0.1, 0.15) is 61.9 Å². The van der Waals surface area contributed by atoms with Gasteiger partial charge in [-0.1, -0.05) is 45.0 Å². The minimum absolute atomic E-state index is 0.00327. The van der Waals surface area contributed by atoms with Crippen molar-refractivity contribution in [3.63, 3.8) is 0 Å². The Bertz CT molecular complexity index is 1440. The second-order valence-corrected chi connectivity index (χ2v) is 12.8. The van der Waals surface area contributed by atoms with Gasteiger partial charge in [-0.25, -0.2) is 13.4 Å². The number of benzene rings is 2. The Morgan fingerprint density at radius 2 is 1.63 bits per heavy atom. The van der Waals surface area contributed by atoms with E-state index in [0.29, 0.717) is 16.9 Å². The quantitative estimate of drug-likeness (QED) is 0.404. The Morgan fingerprint density at radius 3 is 2.26 bits per heavy atom. The van der Waals surface area contributed by atoms with Crippen LogP contribution in [0.5, 0.6) is 0 Å². The smallest absolute Gasteiger partial charge is 0.338 e. The topological polar surface area (TPSA) is 74.3 Å². The summed E-state index contributed by atoms with van der Waals surface area (Å²) in [5.74, 6) is 0.259. The fourth-order valence-corrected chi connectivity index (χ4v) is 6.44. The molecular formula is C28H31F3N4O2S. The summed E-state index contributed by atoms with van der Waals surface area (Å²) < 4.78 is 69.7. The van der Waals surface area contributed by atoms with Crippen LogP contribution in [0.4, 0.5) is 30.4 Å². The van der Waals surface area contributed by atoms with Gasteiger partial charge in [0.1, 0.15) is 11.5 Å². The summed E-state index contributed by atoms with van der Waals surface area (Å²) in [5.41, 5.74) is 1.96. The van der Waals surface area contributed by atoms with Crippen LogP contribution in [0.15, 0.2) is 59.5 Å². The Hall–Kier alpha value is -3.11. The molecule has 2 aliphatic heterocycles. The van der Waals surface area contributed by atoms with Crippen molar-refractivity contribution in [1.29, 1.82) is 0 Å². The Labute approximate surface area is 221 Å². The number of fused-ring (bicyclic) bond motifs is 2. The molecule has 1 aromatic heterocycles. The van der Waals surface area contributed by atoms with Gasteiger partial charge in [-0.05, 0) is 78.7 Å². The number of piperidine rings is 1. The van der Waals surface area contributed by atoms with Gasteiger partial charge >= 0.3 is 6.18 Å². The van der Waals surface area contributed by atoms with Crippen molar-refractivity contribution in [2.45, 2.75) is 62.6 Å². The van der Waals surface area contributed by atoms with E-state index in [-0.39, 0.29) is 28.6 Å². The number of nitrogens with one attached hydrogen (secondary N) is 2. The van der Waals surface area contributed by atoms with Crippen molar-refractivity contribution in [3.8, 4) is 0 Å². The molecule has 1 fully saturated rings. The third-order valence-corrected chi connectivity index (χ3v) is 9.02. The van der Waals surface area contributed by atoms with Crippen LogP contribution in [0.2, 0.25) is 0 Å². The molecule has 5 rings (SSSR count). The summed E-state index contributed by atoms with van der Waals surface area (Å²) >= 11 is 0.